The average molecular weight is 391 g/mol. The summed E-state index contributed by atoms with van der Waals surface area (Å²) in [4.78, 5) is 11.6. The van der Waals surface area contributed by atoms with E-state index in [0.717, 1.165) is 19.4 Å². The maximum atomic E-state index is 12.5. The topological polar surface area (TPSA) is 84.5 Å². The minimum Gasteiger partial charge on any atom is -0.465 e. The van der Waals surface area contributed by atoms with Crippen LogP contribution in [-0.4, -0.2) is 40.1 Å². The summed E-state index contributed by atoms with van der Waals surface area (Å²) in [7, 11) is -2.36. The van der Waals surface area contributed by atoms with Crippen LogP contribution in [-0.2, 0) is 14.8 Å². The first-order valence-corrected chi connectivity index (χ1v) is 9.24. The fourth-order valence-corrected chi connectivity index (χ4v) is 4.85. The molecule has 6 nitrogen and oxygen atoms in total. The Kier molecular flexibility index (Phi) is 5.60. The van der Waals surface area contributed by atoms with E-state index in [0.29, 0.717) is 10.0 Å². The van der Waals surface area contributed by atoms with Gasteiger partial charge in [-0.25, -0.2) is 17.9 Å². The van der Waals surface area contributed by atoms with Crippen molar-refractivity contribution in [1.29, 1.82) is 0 Å². The summed E-state index contributed by atoms with van der Waals surface area (Å²) in [6, 6.07) is 4.49. The third-order valence-corrected chi connectivity index (χ3v) is 6.09. The first-order valence-electron chi connectivity index (χ1n) is 6.97. The van der Waals surface area contributed by atoms with E-state index in [-0.39, 0.29) is 17.0 Å². The number of ether oxygens (including phenoxy) is 1. The number of methoxy groups -OCH3 is 1. The van der Waals surface area contributed by atoms with Gasteiger partial charge in [0.1, 0.15) is 0 Å². The molecular weight excluding hydrogens is 372 g/mol. The van der Waals surface area contributed by atoms with Crippen molar-refractivity contribution < 1.29 is 17.9 Å². The molecule has 2 unspecified atom stereocenters. The van der Waals surface area contributed by atoms with E-state index >= 15 is 0 Å². The molecule has 0 aliphatic carbocycles. The maximum absolute atomic E-state index is 12.5. The van der Waals surface area contributed by atoms with Gasteiger partial charge in [-0.15, -0.1) is 0 Å². The molecule has 0 saturated carbocycles. The average Bonchev–Trinajstić information content (AvgIpc) is 2.45. The normalized spacial score (nSPS) is 22.3. The van der Waals surface area contributed by atoms with E-state index in [4.69, 9.17) is 0 Å². The fourth-order valence-electron chi connectivity index (χ4n) is 2.49. The lowest BCUT2D eigenvalue weighted by Crippen LogP contribution is -2.46. The summed E-state index contributed by atoms with van der Waals surface area (Å²) in [6.07, 6.45) is 1.50. The molecule has 8 heteroatoms. The molecule has 2 atom stereocenters. The molecule has 22 heavy (non-hydrogen) atoms. The number of hydrogen-bond donors (Lipinski definition) is 2. The molecule has 0 spiro atoms. The zero-order valence-corrected chi connectivity index (χ0v) is 14.8. The van der Waals surface area contributed by atoms with Crippen molar-refractivity contribution in [3.8, 4) is 0 Å². The van der Waals surface area contributed by atoms with Crippen LogP contribution in [0.4, 0.5) is 0 Å². The summed E-state index contributed by atoms with van der Waals surface area (Å²) in [5.41, 5.74) is 0.295. The highest BCUT2D eigenvalue weighted by molar-refractivity contribution is 9.10. The van der Waals surface area contributed by atoms with Gasteiger partial charge in [0.2, 0.25) is 10.0 Å². The number of rotatable bonds is 4. The zero-order valence-electron chi connectivity index (χ0n) is 12.4. The van der Waals surface area contributed by atoms with E-state index in [1.54, 1.807) is 0 Å². The summed E-state index contributed by atoms with van der Waals surface area (Å²) in [5, 5.41) is 3.28. The number of esters is 1. The minimum atomic E-state index is -3.64. The lowest BCUT2D eigenvalue weighted by atomic mass is 10.0. The molecule has 1 aliphatic heterocycles. The van der Waals surface area contributed by atoms with Crippen molar-refractivity contribution in [3.63, 3.8) is 0 Å². The Morgan fingerprint density at radius 1 is 1.45 bits per heavy atom. The number of halogens is 1. The van der Waals surface area contributed by atoms with E-state index in [9.17, 15) is 13.2 Å². The number of hydrogen-bond acceptors (Lipinski definition) is 5. The quantitative estimate of drug-likeness (QED) is 0.763. The number of sulfonamides is 1. The van der Waals surface area contributed by atoms with Gasteiger partial charge in [-0.3, -0.25) is 0 Å². The van der Waals surface area contributed by atoms with Crippen molar-refractivity contribution in [2.45, 2.75) is 36.7 Å². The molecule has 122 valence electrons. The molecule has 2 rings (SSSR count). The maximum Gasteiger partial charge on any atom is 0.337 e. The third-order valence-electron chi connectivity index (χ3n) is 3.59. The molecule has 1 heterocycles. The monoisotopic (exact) mass is 390 g/mol. The van der Waals surface area contributed by atoms with E-state index in [1.165, 1.54) is 25.3 Å². The Morgan fingerprint density at radius 3 is 2.77 bits per heavy atom. The number of carbonyl (C=O) groups excluding carboxylic acids is 1. The van der Waals surface area contributed by atoms with Gasteiger partial charge in [0, 0.05) is 16.6 Å². The van der Waals surface area contributed by atoms with Crippen LogP contribution in [0.5, 0.6) is 0 Å². The largest absolute Gasteiger partial charge is 0.465 e. The van der Waals surface area contributed by atoms with Crippen LogP contribution >= 0.6 is 15.9 Å². The summed E-state index contributed by atoms with van der Waals surface area (Å²) in [6.45, 7) is 2.82. The molecule has 1 fully saturated rings. The zero-order chi connectivity index (χ0) is 16.3. The van der Waals surface area contributed by atoms with Crippen LogP contribution in [0.2, 0.25) is 0 Å². The van der Waals surface area contributed by atoms with Crippen LogP contribution < -0.4 is 10.0 Å². The Morgan fingerprint density at radius 2 is 2.18 bits per heavy atom. The molecular formula is C14H19BrN2O4S. The number of benzene rings is 1. The molecule has 0 radical (unpaired) electrons. The Balaban J connectivity index is 2.20. The molecule has 1 saturated heterocycles. The van der Waals surface area contributed by atoms with E-state index in [1.807, 2.05) is 6.92 Å². The summed E-state index contributed by atoms with van der Waals surface area (Å²) >= 11 is 3.22. The molecule has 0 amide bonds. The van der Waals surface area contributed by atoms with Gasteiger partial charge in [0.25, 0.3) is 0 Å². The van der Waals surface area contributed by atoms with Gasteiger partial charge in [-0.05, 0) is 60.4 Å². The highest BCUT2D eigenvalue weighted by atomic mass is 79.9. The van der Waals surface area contributed by atoms with Gasteiger partial charge >= 0.3 is 5.97 Å². The van der Waals surface area contributed by atoms with Crippen molar-refractivity contribution in [2.75, 3.05) is 13.7 Å². The van der Waals surface area contributed by atoms with Gasteiger partial charge in [0.05, 0.1) is 17.6 Å². The molecule has 0 bridgehead atoms. The standard InChI is InChI=1S/C14H19BrN2O4S/c1-9-7-11(5-6-16-9)17-22(19,20)13-4-3-10(8-12(13)15)14(18)21-2/h3-4,8-9,11,16-17H,5-7H2,1-2H3. The molecule has 1 aliphatic rings. The lowest BCUT2D eigenvalue weighted by Gasteiger charge is -2.28. The fraction of sp³-hybridized carbons (Fsp3) is 0.500. The lowest BCUT2D eigenvalue weighted by molar-refractivity contribution is 0.0600. The second-order valence-corrected chi connectivity index (χ2v) is 7.87. The molecule has 1 aromatic rings. The van der Waals surface area contributed by atoms with Crippen LogP contribution in [0.15, 0.2) is 27.6 Å². The van der Waals surface area contributed by atoms with Crippen molar-refractivity contribution >= 4 is 31.9 Å². The number of carbonyl (C=O) groups is 1. The van der Waals surface area contributed by atoms with Crippen LogP contribution in [0.3, 0.4) is 0 Å². The molecule has 2 N–H and O–H groups in total. The smallest absolute Gasteiger partial charge is 0.337 e. The van der Waals surface area contributed by atoms with E-state index < -0.39 is 16.0 Å². The second kappa shape index (κ2) is 7.08. The highest BCUT2D eigenvalue weighted by Gasteiger charge is 2.26. The summed E-state index contributed by atoms with van der Waals surface area (Å²) in [5.74, 6) is -0.509. The van der Waals surface area contributed by atoms with Gasteiger partial charge < -0.3 is 10.1 Å². The number of nitrogens with one attached hydrogen (secondary N) is 2. The van der Waals surface area contributed by atoms with Gasteiger partial charge in [0.15, 0.2) is 0 Å². The molecule has 0 aromatic heterocycles. The predicted molar refractivity (Wildman–Crippen MR) is 86.3 cm³/mol. The van der Waals surface area contributed by atoms with Crippen LogP contribution in [0.25, 0.3) is 0 Å². The molecule has 1 aromatic carbocycles. The Bertz CT molecular complexity index is 663. The first kappa shape index (κ1) is 17.4. The van der Waals surface area contributed by atoms with E-state index in [2.05, 4.69) is 30.7 Å². The predicted octanol–water partition coefficient (Wildman–Crippen LogP) is 1.65. The van der Waals surface area contributed by atoms with Gasteiger partial charge in [-0.2, -0.15) is 0 Å². The van der Waals surface area contributed by atoms with Crippen molar-refractivity contribution in [1.82, 2.24) is 10.0 Å². The van der Waals surface area contributed by atoms with Gasteiger partial charge in [-0.1, -0.05) is 0 Å². The first-order chi connectivity index (χ1) is 10.3. The van der Waals surface area contributed by atoms with Crippen molar-refractivity contribution in [3.05, 3.63) is 28.2 Å². The SMILES string of the molecule is COC(=O)c1ccc(S(=O)(=O)NC2CCNC(C)C2)c(Br)c1. The minimum absolute atomic E-state index is 0.0894. The summed E-state index contributed by atoms with van der Waals surface area (Å²) < 4.78 is 32.7. The number of piperidine rings is 1. The Labute approximate surface area is 138 Å². The second-order valence-electron chi connectivity index (χ2n) is 5.33. The van der Waals surface area contributed by atoms with Crippen LogP contribution in [0.1, 0.15) is 30.1 Å². The Hall–Kier alpha value is -0.960. The third kappa shape index (κ3) is 4.07. The van der Waals surface area contributed by atoms with Crippen molar-refractivity contribution in [2.24, 2.45) is 0 Å². The van der Waals surface area contributed by atoms with Crippen LogP contribution in [0, 0.1) is 0 Å². The highest BCUT2D eigenvalue weighted by Crippen LogP contribution is 2.24.